The molecule has 0 aromatic carbocycles. The van der Waals surface area contributed by atoms with Crippen molar-refractivity contribution in [3.63, 3.8) is 0 Å². The molecular formula is C16H33NO3. The minimum Gasteiger partial charge on any atom is -0.444 e. The van der Waals surface area contributed by atoms with Crippen molar-refractivity contribution in [3.8, 4) is 0 Å². The van der Waals surface area contributed by atoms with Crippen molar-refractivity contribution in [2.45, 2.75) is 84.8 Å². The quantitative estimate of drug-likeness (QED) is 0.836. The van der Waals surface area contributed by atoms with E-state index in [0.717, 1.165) is 25.8 Å². The first-order valence-corrected chi connectivity index (χ1v) is 8.04. The minimum absolute atomic E-state index is 0.129. The fraction of sp³-hybridized carbons (Fsp3) is 0.938. The Morgan fingerprint density at radius 3 is 2.35 bits per heavy atom. The molecule has 1 aliphatic rings. The molecule has 1 fully saturated rings. The Morgan fingerprint density at radius 2 is 1.80 bits per heavy atom. The highest BCUT2D eigenvalue weighted by molar-refractivity contribution is 5.68. The zero-order valence-corrected chi connectivity index (χ0v) is 13.9. The molecule has 120 valence electrons. The van der Waals surface area contributed by atoms with Gasteiger partial charge in [0.1, 0.15) is 5.60 Å². The van der Waals surface area contributed by atoms with Crippen molar-refractivity contribution in [1.29, 1.82) is 0 Å². The molecule has 1 amide bonds. The number of rotatable bonds is 2. The summed E-state index contributed by atoms with van der Waals surface area (Å²) in [5.41, 5.74) is -0.455. The third-order valence-electron chi connectivity index (χ3n) is 3.22. The summed E-state index contributed by atoms with van der Waals surface area (Å²) in [6.07, 6.45) is 5.95. The Morgan fingerprint density at radius 1 is 1.20 bits per heavy atom. The maximum absolute atomic E-state index is 12.2. The predicted molar refractivity (Wildman–Crippen MR) is 82.9 cm³/mol. The van der Waals surface area contributed by atoms with Gasteiger partial charge in [0.25, 0.3) is 0 Å². The molecule has 4 heteroatoms. The number of hydrogen-bond acceptors (Lipinski definition) is 3. The van der Waals surface area contributed by atoms with Crippen LogP contribution in [0.3, 0.4) is 0 Å². The molecule has 0 saturated carbocycles. The van der Waals surface area contributed by atoms with Gasteiger partial charge < -0.3 is 14.7 Å². The molecule has 20 heavy (non-hydrogen) atoms. The summed E-state index contributed by atoms with van der Waals surface area (Å²) in [6.45, 7) is 10.5. The summed E-state index contributed by atoms with van der Waals surface area (Å²) in [6, 6.07) is 0.130. The van der Waals surface area contributed by atoms with Gasteiger partial charge in [-0.05, 0) is 40.0 Å². The fourth-order valence-electron chi connectivity index (χ4n) is 2.36. The topological polar surface area (TPSA) is 49.8 Å². The van der Waals surface area contributed by atoms with Crippen molar-refractivity contribution in [1.82, 2.24) is 4.90 Å². The van der Waals surface area contributed by atoms with Crippen LogP contribution < -0.4 is 0 Å². The lowest BCUT2D eigenvalue weighted by molar-refractivity contribution is 0.0107. The van der Waals surface area contributed by atoms with Gasteiger partial charge in [-0.15, -0.1) is 0 Å². The SMILES string of the molecule is CC.CC(C)(C)OC(=O)N1CCCCCC[C@@H]1CCO. The molecule has 1 rings (SSSR count). The normalized spacial score (nSPS) is 20.3. The first kappa shape index (κ1) is 19.2. The van der Waals surface area contributed by atoms with E-state index in [1.54, 1.807) is 0 Å². The summed E-state index contributed by atoms with van der Waals surface area (Å²) in [4.78, 5) is 14.0. The third-order valence-corrected chi connectivity index (χ3v) is 3.22. The van der Waals surface area contributed by atoms with E-state index in [-0.39, 0.29) is 18.7 Å². The second-order valence-corrected chi connectivity index (χ2v) is 6.04. The molecule has 1 N–H and O–H groups in total. The van der Waals surface area contributed by atoms with Crippen LogP contribution in [0.25, 0.3) is 0 Å². The highest BCUT2D eigenvalue weighted by Crippen LogP contribution is 2.21. The summed E-state index contributed by atoms with van der Waals surface area (Å²) in [7, 11) is 0. The zero-order chi connectivity index (χ0) is 15.6. The molecule has 0 aromatic heterocycles. The van der Waals surface area contributed by atoms with Crippen LogP contribution >= 0.6 is 0 Å². The van der Waals surface area contributed by atoms with Crippen LogP contribution in [0.4, 0.5) is 4.79 Å². The molecule has 4 nitrogen and oxygen atoms in total. The Balaban J connectivity index is 0.00000172. The predicted octanol–water partition coefficient (Wildman–Crippen LogP) is 3.96. The number of carbonyl (C=O) groups excluding carboxylic acids is 1. The fourth-order valence-corrected chi connectivity index (χ4v) is 2.36. The molecule has 0 unspecified atom stereocenters. The monoisotopic (exact) mass is 287 g/mol. The van der Waals surface area contributed by atoms with Gasteiger partial charge in [-0.1, -0.05) is 33.1 Å². The molecule has 1 heterocycles. The first-order valence-electron chi connectivity index (χ1n) is 8.04. The van der Waals surface area contributed by atoms with E-state index in [4.69, 9.17) is 9.84 Å². The van der Waals surface area contributed by atoms with Gasteiger partial charge in [0, 0.05) is 19.2 Å². The van der Waals surface area contributed by atoms with Gasteiger partial charge in [0.15, 0.2) is 0 Å². The van der Waals surface area contributed by atoms with Gasteiger partial charge in [-0.3, -0.25) is 0 Å². The number of likely N-dealkylation sites (tertiary alicyclic amines) is 1. The smallest absolute Gasteiger partial charge is 0.410 e. The Kier molecular flexibility index (Phi) is 9.64. The van der Waals surface area contributed by atoms with Crippen LogP contribution in [0.1, 0.15) is 73.1 Å². The molecule has 1 aliphatic heterocycles. The molecule has 0 aromatic rings. The molecule has 0 bridgehead atoms. The number of nitrogens with zero attached hydrogens (tertiary/aromatic N) is 1. The minimum atomic E-state index is -0.455. The Hall–Kier alpha value is -0.770. The van der Waals surface area contributed by atoms with E-state index >= 15 is 0 Å². The van der Waals surface area contributed by atoms with Crippen LogP contribution in [-0.2, 0) is 4.74 Å². The Bertz CT molecular complexity index is 261. The number of aliphatic hydroxyl groups excluding tert-OH is 1. The highest BCUT2D eigenvalue weighted by atomic mass is 16.6. The van der Waals surface area contributed by atoms with Gasteiger partial charge in [-0.25, -0.2) is 4.79 Å². The standard InChI is InChI=1S/C14H27NO3.C2H6/c1-14(2,3)18-13(17)15-10-7-5-4-6-8-12(15)9-11-16;1-2/h12,16H,4-11H2,1-3H3;1-2H3/t12-;/m1./s1. The van der Waals surface area contributed by atoms with Crippen LogP contribution in [0.5, 0.6) is 0 Å². The third kappa shape index (κ3) is 7.73. The van der Waals surface area contributed by atoms with E-state index in [2.05, 4.69) is 0 Å². The second-order valence-electron chi connectivity index (χ2n) is 6.04. The van der Waals surface area contributed by atoms with Crippen molar-refractivity contribution < 1.29 is 14.6 Å². The van der Waals surface area contributed by atoms with E-state index < -0.39 is 5.60 Å². The van der Waals surface area contributed by atoms with Crippen LogP contribution in [0, 0.1) is 0 Å². The van der Waals surface area contributed by atoms with Gasteiger partial charge in [-0.2, -0.15) is 0 Å². The largest absolute Gasteiger partial charge is 0.444 e. The molecular weight excluding hydrogens is 254 g/mol. The summed E-state index contributed by atoms with van der Waals surface area (Å²) < 4.78 is 5.46. The summed E-state index contributed by atoms with van der Waals surface area (Å²) >= 11 is 0. The number of ether oxygens (including phenoxy) is 1. The van der Waals surface area contributed by atoms with E-state index in [1.165, 1.54) is 12.8 Å². The highest BCUT2D eigenvalue weighted by Gasteiger charge is 2.28. The van der Waals surface area contributed by atoms with Gasteiger partial charge >= 0.3 is 6.09 Å². The molecule has 0 spiro atoms. The molecule has 0 radical (unpaired) electrons. The first-order chi connectivity index (χ1) is 9.44. The second kappa shape index (κ2) is 10.0. The molecule has 0 aliphatic carbocycles. The molecule has 1 saturated heterocycles. The average molecular weight is 287 g/mol. The van der Waals surface area contributed by atoms with Crippen molar-refractivity contribution in [3.05, 3.63) is 0 Å². The summed E-state index contributed by atoms with van der Waals surface area (Å²) in [5, 5.41) is 9.13. The number of hydrogen-bond donors (Lipinski definition) is 1. The summed E-state index contributed by atoms with van der Waals surface area (Å²) in [5.74, 6) is 0. The van der Waals surface area contributed by atoms with E-state index in [9.17, 15) is 4.79 Å². The van der Waals surface area contributed by atoms with Crippen molar-refractivity contribution >= 4 is 6.09 Å². The maximum Gasteiger partial charge on any atom is 0.410 e. The number of carbonyl (C=O) groups is 1. The average Bonchev–Trinajstić information content (AvgIpc) is 2.33. The van der Waals surface area contributed by atoms with Crippen molar-refractivity contribution in [2.75, 3.05) is 13.2 Å². The Labute approximate surface area is 124 Å². The lowest BCUT2D eigenvalue weighted by atomic mass is 10.0. The van der Waals surface area contributed by atoms with E-state index in [1.807, 2.05) is 39.5 Å². The lowest BCUT2D eigenvalue weighted by Gasteiger charge is -2.34. The zero-order valence-electron chi connectivity index (χ0n) is 13.9. The van der Waals surface area contributed by atoms with Crippen LogP contribution in [-0.4, -0.2) is 40.9 Å². The van der Waals surface area contributed by atoms with Gasteiger partial charge in [0.2, 0.25) is 0 Å². The lowest BCUT2D eigenvalue weighted by Crippen LogP contribution is -2.45. The number of aliphatic hydroxyl groups is 1. The maximum atomic E-state index is 12.2. The molecule has 1 atom stereocenters. The van der Waals surface area contributed by atoms with E-state index in [0.29, 0.717) is 6.42 Å². The van der Waals surface area contributed by atoms with Gasteiger partial charge in [0.05, 0.1) is 0 Å². The van der Waals surface area contributed by atoms with Crippen LogP contribution in [0.2, 0.25) is 0 Å². The van der Waals surface area contributed by atoms with Crippen LogP contribution in [0.15, 0.2) is 0 Å². The number of amides is 1. The van der Waals surface area contributed by atoms with Crippen molar-refractivity contribution in [2.24, 2.45) is 0 Å².